The van der Waals surface area contributed by atoms with E-state index in [-0.39, 0.29) is 30.0 Å². The third-order valence-corrected chi connectivity index (χ3v) is 8.72. The van der Waals surface area contributed by atoms with Gasteiger partial charge in [0.25, 0.3) is 5.91 Å². The molecule has 0 bridgehead atoms. The van der Waals surface area contributed by atoms with Crippen molar-refractivity contribution in [2.24, 2.45) is 0 Å². The van der Waals surface area contributed by atoms with Gasteiger partial charge in [0, 0.05) is 50.5 Å². The minimum atomic E-state index is -4.06. The zero-order valence-electron chi connectivity index (χ0n) is 25.4. The van der Waals surface area contributed by atoms with Crippen molar-refractivity contribution in [2.45, 2.75) is 43.7 Å². The number of hydrogen-bond donors (Lipinski definition) is 2. The van der Waals surface area contributed by atoms with Gasteiger partial charge in [0.2, 0.25) is 15.9 Å². The molecule has 0 aliphatic carbocycles. The van der Waals surface area contributed by atoms with Gasteiger partial charge in [0.1, 0.15) is 11.6 Å². The average molecular weight is 630 g/mol. The monoisotopic (exact) mass is 629 g/mol. The van der Waals surface area contributed by atoms with Crippen LogP contribution in [0.25, 0.3) is 0 Å². The van der Waals surface area contributed by atoms with Gasteiger partial charge in [-0.15, -0.1) is 0 Å². The number of piperazine rings is 1. The van der Waals surface area contributed by atoms with E-state index in [1.54, 1.807) is 23.1 Å². The Labute approximate surface area is 257 Å². The van der Waals surface area contributed by atoms with Crippen LogP contribution >= 0.6 is 0 Å². The number of fused-ring (bicyclic) bond motifs is 1. The molecule has 14 heteroatoms. The van der Waals surface area contributed by atoms with Crippen LogP contribution in [0.5, 0.6) is 0 Å². The molecule has 2 N–H and O–H groups in total. The van der Waals surface area contributed by atoms with Gasteiger partial charge in [-0.1, -0.05) is 24.3 Å². The Morgan fingerprint density at radius 3 is 2.30 bits per heavy atom. The van der Waals surface area contributed by atoms with Crippen molar-refractivity contribution in [1.29, 1.82) is 0 Å². The van der Waals surface area contributed by atoms with E-state index in [2.05, 4.69) is 14.9 Å². The summed E-state index contributed by atoms with van der Waals surface area (Å²) in [7, 11) is -2.94. The number of anilines is 1. The number of nitrogens with one attached hydrogen (secondary N) is 2. The number of methoxy groups -OCH3 is 1. The van der Waals surface area contributed by atoms with E-state index in [0.717, 1.165) is 18.4 Å². The van der Waals surface area contributed by atoms with Gasteiger partial charge in [0.15, 0.2) is 0 Å². The van der Waals surface area contributed by atoms with Crippen LogP contribution in [0.3, 0.4) is 0 Å². The normalized spacial score (nSPS) is 16.2. The van der Waals surface area contributed by atoms with Gasteiger partial charge in [-0.25, -0.2) is 13.2 Å². The van der Waals surface area contributed by atoms with Crippen molar-refractivity contribution in [3.63, 3.8) is 0 Å². The van der Waals surface area contributed by atoms with Crippen molar-refractivity contribution in [3.05, 3.63) is 59.7 Å². The Balaban J connectivity index is 1.34. The van der Waals surface area contributed by atoms with Gasteiger partial charge in [0.05, 0.1) is 18.6 Å². The van der Waals surface area contributed by atoms with Crippen LogP contribution < -0.4 is 14.9 Å². The van der Waals surface area contributed by atoms with Gasteiger partial charge < -0.3 is 29.5 Å². The number of carbonyl (C=O) groups is 4. The van der Waals surface area contributed by atoms with Gasteiger partial charge in [-0.2, -0.15) is 4.72 Å². The lowest BCUT2D eigenvalue weighted by Crippen LogP contribution is -2.51. The Morgan fingerprint density at radius 1 is 0.977 bits per heavy atom. The SMILES string of the molecule is COC(=O)[C@H](CNC(=O)CN1CCc2ccc(N3CCN(C(=O)OC(C)(C)C)CC3)cc2C1=O)NS(=O)(=O)c1ccccc1. The van der Waals surface area contributed by atoms with Crippen LogP contribution in [0.4, 0.5) is 10.5 Å². The summed E-state index contributed by atoms with van der Waals surface area (Å²) in [5, 5.41) is 2.54. The van der Waals surface area contributed by atoms with Gasteiger partial charge in [-0.05, 0) is 57.0 Å². The van der Waals surface area contributed by atoms with Crippen LogP contribution in [0.2, 0.25) is 0 Å². The van der Waals surface area contributed by atoms with Crippen LogP contribution in [0.15, 0.2) is 53.4 Å². The predicted molar refractivity (Wildman–Crippen MR) is 162 cm³/mol. The molecule has 1 fully saturated rings. The first-order valence-corrected chi connectivity index (χ1v) is 15.8. The summed E-state index contributed by atoms with van der Waals surface area (Å²) in [4.78, 5) is 56.1. The first-order valence-electron chi connectivity index (χ1n) is 14.3. The van der Waals surface area contributed by atoms with E-state index in [4.69, 9.17) is 9.47 Å². The molecule has 0 spiro atoms. The molecule has 1 atom stereocenters. The molecule has 238 valence electrons. The highest BCUT2D eigenvalue weighted by molar-refractivity contribution is 7.89. The molecule has 0 radical (unpaired) electrons. The molecule has 2 heterocycles. The summed E-state index contributed by atoms with van der Waals surface area (Å²) in [6.07, 6.45) is 0.209. The molecule has 0 saturated carbocycles. The second-order valence-corrected chi connectivity index (χ2v) is 13.3. The molecule has 2 aromatic carbocycles. The number of benzene rings is 2. The largest absolute Gasteiger partial charge is 0.468 e. The lowest BCUT2D eigenvalue weighted by atomic mass is 9.97. The van der Waals surface area contributed by atoms with Crippen LogP contribution in [-0.2, 0) is 35.5 Å². The Kier molecular flexibility index (Phi) is 10.1. The first-order chi connectivity index (χ1) is 20.8. The quantitative estimate of drug-likeness (QED) is 0.392. The number of amides is 3. The molecule has 1 saturated heterocycles. The molecule has 2 aliphatic rings. The second-order valence-electron chi connectivity index (χ2n) is 11.6. The minimum Gasteiger partial charge on any atom is -0.468 e. The highest BCUT2D eigenvalue weighted by Crippen LogP contribution is 2.26. The van der Waals surface area contributed by atoms with Crippen LogP contribution in [0.1, 0.15) is 36.7 Å². The zero-order valence-corrected chi connectivity index (χ0v) is 26.2. The minimum absolute atomic E-state index is 0.0397. The number of sulfonamides is 1. The molecule has 2 aliphatic heterocycles. The Morgan fingerprint density at radius 2 is 1.66 bits per heavy atom. The molecule has 13 nitrogen and oxygen atoms in total. The Bertz CT molecular complexity index is 1480. The number of nitrogens with zero attached hydrogens (tertiary/aromatic N) is 3. The number of ether oxygens (including phenoxy) is 2. The molecular formula is C30H39N5O8S. The van der Waals surface area contributed by atoms with E-state index >= 15 is 0 Å². The second kappa shape index (κ2) is 13.6. The number of hydrogen-bond acceptors (Lipinski definition) is 9. The standard InChI is InChI=1S/C30H39N5O8S/c1-30(2,3)43-29(39)34-16-14-33(15-17-34)22-11-10-21-12-13-35(27(37)24(21)18-22)20-26(36)31-19-25(28(38)42-4)32-44(40,41)23-8-6-5-7-9-23/h5-11,18,25,32H,12-17,19-20H2,1-4H3,(H,31,36)/t25-/m0/s1. The summed E-state index contributed by atoms with van der Waals surface area (Å²) in [5.41, 5.74) is 1.65. The highest BCUT2D eigenvalue weighted by Gasteiger charge is 2.31. The molecule has 44 heavy (non-hydrogen) atoms. The topological polar surface area (TPSA) is 155 Å². The van der Waals surface area contributed by atoms with E-state index in [1.807, 2.05) is 39.0 Å². The first kappa shape index (κ1) is 32.7. The average Bonchev–Trinajstić information content (AvgIpc) is 2.99. The molecule has 3 amide bonds. The maximum absolute atomic E-state index is 13.4. The summed E-state index contributed by atoms with van der Waals surface area (Å²) in [6, 6.07) is 11.8. The van der Waals surface area contributed by atoms with Crippen molar-refractivity contribution in [2.75, 3.05) is 57.8 Å². The summed E-state index contributed by atoms with van der Waals surface area (Å²) < 4.78 is 37.9. The third-order valence-electron chi connectivity index (χ3n) is 7.23. The van der Waals surface area contributed by atoms with Crippen LogP contribution in [0, 0.1) is 0 Å². The van der Waals surface area contributed by atoms with E-state index < -0.39 is 33.5 Å². The maximum Gasteiger partial charge on any atom is 0.410 e. The molecule has 0 unspecified atom stereocenters. The molecule has 2 aromatic rings. The predicted octanol–water partition coefficient (Wildman–Crippen LogP) is 1.38. The van der Waals surface area contributed by atoms with E-state index in [9.17, 15) is 27.6 Å². The van der Waals surface area contributed by atoms with E-state index in [1.165, 1.54) is 17.0 Å². The lowest BCUT2D eigenvalue weighted by molar-refractivity contribution is -0.142. The smallest absolute Gasteiger partial charge is 0.410 e. The van der Waals surface area contributed by atoms with Crippen molar-refractivity contribution in [1.82, 2.24) is 19.8 Å². The summed E-state index contributed by atoms with van der Waals surface area (Å²) in [6.45, 7) is 7.30. The zero-order chi connectivity index (χ0) is 32.1. The van der Waals surface area contributed by atoms with E-state index in [0.29, 0.717) is 44.7 Å². The fourth-order valence-electron chi connectivity index (χ4n) is 4.95. The number of carbonyl (C=O) groups excluding carboxylic acids is 4. The fourth-order valence-corrected chi connectivity index (χ4v) is 6.15. The molecular weight excluding hydrogens is 590 g/mol. The maximum atomic E-state index is 13.4. The highest BCUT2D eigenvalue weighted by atomic mass is 32.2. The van der Waals surface area contributed by atoms with Crippen molar-refractivity contribution < 1.29 is 37.1 Å². The van der Waals surface area contributed by atoms with Crippen molar-refractivity contribution in [3.8, 4) is 0 Å². The van der Waals surface area contributed by atoms with Gasteiger partial charge in [-0.3, -0.25) is 14.4 Å². The summed E-state index contributed by atoms with van der Waals surface area (Å²) in [5.74, 6) is -1.72. The lowest BCUT2D eigenvalue weighted by Gasteiger charge is -2.37. The van der Waals surface area contributed by atoms with Crippen molar-refractivity contribution >= 4 is 39.6 Å². The molecule has 4 rings (SSSR count). The number of rotatable bonds is 9. The Hall–Kier alpha value is -4.17. The van der Waals surface area contributed by atoms with Crippen LogP contribution in [-0.4, -0.2) is 107 Å². The van der Waals surface area contributed by atoms with Gasteiger partial charge >= 0.3 is 12.1 Å². The molecule has 0 aromatic heterocycles. The number of esters is 1. The fraction of sp³-hybridized carbons (Fsp3) is 0.467. The summed E-state index contributed by atoms with van der Waals surface area (Å²) >= 11 is 0. The third kappa shape index (κ3) is 8.26.